The van der Waals surface area contributed by atoms with Crippen LogP contribution in [0.4, 0.5) is 0 Å². The molecule has 2 atom stereocenters. The summed E-state index contributed by atoms with van der Waals surface area (Å²) >= 11 is 0. The molecule has 0 aromatic rings. The highest BCUT2D eigenvalue weighted by molar-refractivity contribution is 5.85. The van der Waals surface area contributed by atoms with Crippen molar-refractivity contribution in [2.45, 2.75) is 135 Å². The number of aliphatic hydroxyl groups excluding tert-OH is 1. The van der Waals surface area contributed by atoms with Gasteiger partial charge < -0.3 is 10.8 Å². The second-order valence-corrected chi connectivity index (χ2v) is 8.64. The third-order valence-electron chi connectivity index (χ3n) is 5.97. The molecular weight excluding hydrogens is 342 g/mol. The molecule has 2 unspecified atom stereocenters. The summed E-state index contributed by atoms with van der Waals surface area (Å²) in [4.78, 5) is 0. The summed E-state index contributed by atoms with van der Waals surface area (Å²) in [6.45, 7) is 6.62. The molecule has 0 heterocycles. The molecule has 2 nitrogen and oxygen atoms in total. The lowest BCUT2D eigenvalue weighted by atomic mass is 9.84. The van der Waals surface area contributed by atoms with Gasteiger partial charge in [-0.3, -0.25) is 0 Å². The van der Waals surface area contributed by atoms with Gasteiger partial charge in [0.15, 0.2) is 0 Å². The Labute approximate surface area is 171 Å². The van der Waals surface area contributed by atoms with E-state index in [0.717, 1.165) is 6.42 Å². The van der Waals surface area contributed by atoms with E-state index in [1.807, 2.05) is 6.92 Å². The van der Waals surface area contributed by atoms with Crippen LogP contribution in [0.15, 0.2) is 0 Å². The average molecular weight is 392 g/mol. The van der Waals surface area contributed by atoms with Gasteiger partial charge in [-0.05, 0) is 19.3 Å². The summed E-state index contributed by atoms with van der Waals surface area (Å²) < 4.78 is 0. The Hall–Kier alpha value is 0.210. The fourth-order valence-corrected chi connectivity index (χ4v) is 3.51. The van der Waals surface area contributed by atoms with Crippen molar-refractivity contribution in [1.29, 1.82) is 0 Å². The number of hydrogen-bond acceptors (Lipinski definition) is 2. The third kappa shape index (κ3) is 17.6. The van der Waals surface area contributed by atoms with Gasteiger partial charge in [-0.1, -0.05) is 117 Å². The Morgan fingerprint density at radius 3 is 1.31 bits per heavy atom. The minimum absolute atomic E-state index is 0. The summed E-state index contributed by atoms with van der Waals surface area (Å²) in [5, 5.41) is 9.23. The molecule has 0 fully saturated rings. The van der Waals surface area contributed by atoms with Crippen molar-refractivity contribution in [3.8, 4) is 0 Å². The smallest absolute Gasteiger partial charge is 0.0474 e. The molecule has 0 aromatic heterocycles. The first-order valence-corrected chi connectivity index (χ1v) is 11.4. The number of aliphatic hydroxyl groups is 1. The maximum absolute atomic E-state index is 9.23. The molecule has 0 spiro atoms. The molecule has 0 saturated heterocycles. The summed E-state index contributed by atoms with van der Waals surface area (Å²) in [6.07, 6.45) is 23.5. The number of unbranched alkanes of at least 4 members (excludes halogenated alkanes) is 15. The molecule has 0 rings (SSSR count). The standard InChI is InChI=1S/C23H49NO.ClH/c1-4-5-6-7-8-9-10-11-12-13-14-15-16-17-18-19-20-23(3,24)22(2)21-25;/h22,25H,4-21,24H2,1-3H3;1H. The van der Waals surface area contributed by atoms with Crippen LogP contribution >= 0.6 is 12.4 Å². The zero-order valence-electron chi connectivity index (χ0n) is 18.2. The van der Waals surface area contributed by atoms with Gasteiger partial charge >= 0.3 is 0 Å². The molecule has 160 valence electrons. The lowest BCUT2D eigenvalue weighted by molar-refractivity contribution is 0.165. The molecule has 0 aliphatic rings. The molecule has 0 bridgehead atoms. The predicted molar refractivity (Wildman–Crippen MR) is 120 cm³/mol. The van der Waals surface area contributed by atoms with E-state index in [4.69, 9.17) is 5.73 Å². The van der Waals surface area contributed by atoms with Gasteiger partial charge in [0, 0.05) is 12.1 Å². The molecule has 0 saturated carbocycles. The first kappa shape index (κ1) is 28.4. The van der Waals surface area contributed by atoms with E-state index >= 15 is 0 Å². The van der Waals surface area contributed by atoms with Gasteiger partial charge in [-0.2, -0.15) is 0 Å². The van der Waals surface area contributed by atoms with Gasteiger partial charge in [0.2, 0.25) is 0 Å². The van der Waals surface area contributed by atoms with E-state index in [9.17, 15) is 5.11 Å². The highest BCUT2D eigenvalue weighted by Gasteiger charge is 2.24. The SMILES string of the molecule is CCCCCCCCCCCCCCCCCCC(C)(N)C(C)CO.Cl. The molecule has 3 N–H and O–H groups in total. The van der Waals surface area contributed by atoms with E-state index in [1.165, 1.54) is 103 Å². The van der Waals surface area contributed by atoms with Crippen molar-refractivity contribution in [3.63, 3.8) is 0 Å². The molecular formula is C23H50ClNO. The molecule has 0 aliphatic carbocycles. The van der Waals surface area contributed by atoms with Crippen LogP contribution in [0.5, 0.6) is 0 Å². The van der Waals surface area contributed by atoms with E-state index in [0.29, 0.717) is 0 Å². The van der Waals surface area contributed by atoms with Crippen molar-refractivity contribution in [3.05, 3.63) is 0 Å². The Morgan fingerprint density at radius 2 is 1.00 bits per heavy atom. The van der Waals surface area contributed by atoms with E-state index in [2.05, 4.69) is 13.8 Å². The molecule has 3 heteroatoms. The lowest BCUT2D eigenvalue weighted by Gasteiger charge is -2.30. The van der Waals surface area contributed by atoms with Crippen molar-refractivity contribution in [1.82, 2.24) is 0 Å². The summed E-state index contributed by atoms with van der Waals surface area (Å²) in [6, 6.07) is 0. The van der Waals surface area contributed by atoms with Crippen LogP contribution in [0.1, 0.15) is 130 Å². The van der Waals surface area contributed by atoms with E-state index < -0.39 is 0 Å². The van der Waals surface area contributed by atoms with Crippen LogP contribution < -0.4 is 5.73 Å². The minimum atomic E-state index is -0.204. The van der Waals surface area contributed by atoms with Gasteiger partial charge in [-0.15, -0.1) is 12.4 Å². The van der Waals surface area contributed by atoms with Crippen molar-refractivity contribution in [2.24, 2.45) is 11.7 Å². The third-order valence-corrected chi connectivity index (χ3v) is 5.97. The summed E-state index contributed by atoms with van der Waals surface area (Å²) in [5.74, 6) is 0.198. The average Bonchev–Trinajstić information content (AvgIpc) is 2.60. The Morgan fingerprint density at radius 1 is 0.692 bits per heavy atom. The number of rotatable bonds is 19. The highest BCUT2D eigenvalue weighted by Crippen LogP contribution is 2.21. The normalized spacial score (nSPS) is 14.7. The van der Waals surface area contributed by atoms with Crippen LogP contribution in [-0.4, -0.2) is 17.3 Å². The van der Waals surface area contributed by atoms with E-state index in [-0.39, 0.29) is 30.5 Å². The fourth-order valence-electron chi connectivity index (χ4n) is 3.51. The van der Waals surface area contributed by atoms with Gasteiger partial charge in [0.1, 0.15) is 0 Å². The molecule has 0 aliphatic heterocycles. The maximum Gasteiger partial charge on any atom is 0.0474 e. The van der Waals surface area contributed by atoms with Crippen LogP contribution in [0.3, 0.4) is 0 Å². The zero-order chi connectivity index (χ0) is 18.8. The second kappa shape index (κ2) is 20.0. The fraction of sp³-hybridized carbons (Fsp3) is 1.00. The van der Waals surface area contributed by atoms with Crippen LogP contribution in [0, 0.1) is 5.92 Å². The number of nitrogens with two attached hydrogens (primary N) is 1. The van der Waals surface area contributed by atoms with Crippen molar-refractivity contribution in [2.75, 3.05) is 6.61 Å². The molecule has 0 amide bonds. The predicted octanol–water partition coefficient (Wildman–Crippen LogP) is 7.41. The Kier molecular flexibility index (Phi) is 21.8. The monoisotopic (exact) mass is 391 g/mol. The van der Waals surface area contributed by atoms with Gasteiger partial charge in [0.05, 0.1) is 0 Å². The van der Waals surface area contributed by atoms with Crippen molar-refractivity contribution >= 4 is 12.4 Å². The lowest BCUT2D eigenvalue weighted by Crippen LogP contribution is -2.44. The van der Waals surface area contributed by atoms with Crippen LogP contribution in [0.25, 0.3) is 0 Å². The highest BCUT2D eigenvalue weighted by atomic mass is 35.5. The summed E-state index contributed by atoms with van der Waals surface area (Å²) in [7, 11) is 0. The Balaban J connectivity index is 0. The molecule has 0 aromatic carbocycles. The quantitative estimate of drug-likeness (QED) is 0.225. The number of halogens is 1. The Bertz CT molecular complexity index is 271. The van der Waals surface area contributed by atoms with Gasteiger partial charge in [0.25, 0.3) is 0 Å². The van der Waals surface area contributed by atoms with Gasteiger partial charge in [-0.25, -0.2) is 0 Å². The second-order valence-electron chi connectivity index (χ2n) is 8.64. The first-order valence-electron chi connectivity index (χ1n) is 11.4. The van der Waals surface area contributed by atoms with Crippen LogP contribution in [-0.2, 0) is 0 Å². The van der Waals surface area contributed by atoms with Crippen LogP contribution in [0.2, 0.25) is 0 Å². The zero-order valence-corrected chi connectivity index (χ0v) is 19.1. The van der Waals surface area contributed by atoms with Crippen molar-refractivity contribution < 1.29 is 5.11 Å². The maximum atomic E-state index is 9.23. The van der Waals surface area contributed by atoms with E-state index in [1.54, 1.807) is 0 Å². The largest absolute Gasteiger partial charge is 0.396 e. The molecule has 26 heavy (non-hydrogen) atoms. The minimum Gasteiger partial charge on any atom is -0.396 e. The summed E-state index contributed by atoms with van der Waals surface area (Å²) in [5.41, 5.74) is 6.07. The number of hydrogen-bond donors (Lipinski definition) is 2. The molecule has 0 radical (unpaired) electrons. The topological polar surface area (TPSA) is 46.2 Å². The first-order chi connectivity index (χ1) is 12.0.